The molecule has 1 aromatic carbocycles. The van der Waals surface area contributed by atoms with Gasteiger partial charge in [0.15, 0.2) is 9.84 Å². The lowest BCUT2D eigenvalue weighted by molar-refractivity contribution is -0.168. The first-order valence-corrected chi connectivity index (χ1v) is 8.92. The molecule has 0 bridgehead atoms. The summed E-state index contributed by atoms with van der Waals surface area (Å²) < 4.78 is 23.5. The molecule has 1 heterocycles. The molecule has 0 saturated carbocycles. The van der Waals surface area contributed by atoms with Crippen molar-refractivity contribution in [3.8, 4) is 0 Å². The number of benzene rings is 1. The van der Waals surface area contributed by atoms with Gasteiger partial charge >= 0.3 is 5.97 Å². The van der Waals surface area contributed by atoms with E-state index in [1.165, 1.54) is 12.1 Å². The summed E-state index contributed by atoms with van der Waals surface area (Å²) >= 11 is 0. The Hall–Kier alpha value is -2.22. The highest BCUT2D eigenvalue weighted by atomic mass is 32.2. The maximum absolute atomic E-state index is 12.0. The molecule has 0 N–H and O–H groups in total. The average molecular weight is 339 g/mol. The number of hydrogen-bond donors (Lipinski definition) is 0. The monoisotopic (exact) mass is 339 g/mol. The molecule has 0 radical (unpaired) electrons. The zero-order valence-corrected chi connectivity index (χ0v) is 13.6. The second-order valence-corrected chi connectivity index (χ2v) is 7.90. The molecule has 0 aromatic heterocycles. The van der Waals surface area contributed by atoms with Crippen molar-refractivity contribution < 1.29 is 27.6 Å². The Balaban J connectivity index is 1.97. The first-order valence-electron chi connectivity index (χ1n) is 7.10. The van der Waals surface area contributed by atoms with E-state index in [0.717, 1.165) is 0 Å². The molecule has 1 aliphatic heterocycles. The van der Waals surface area contributed by atoms with Crippen molar-refractivity contribution in [3.63, 3.8) is 0 Å². The molecular weight excluding hydrogens is 322 g/mol. The lowest BCUT2D eigenvalue weighted by atomic mass is 10.1. The Morgan fingerprint density at radius 1 is 1.13 bits per heavy atom. The second-order valence-electron chi connectivity index (χ2n) is 5.67. The zero-order chi connectivity index (χ0) is 17.2. The van der Waals surface area contributed by atoms with E-state index in [2.05, 4.69) is 0 Å². The molecular formula is C15H17NO6S. The van der Waals surface area contributed by atoms with Crippen LogP contribution in [-0.2, 0) is 19.5 Å². The van der Waals surface area contributed by atoms with Crippen LogP contribution in [0.5, 0.6) is 0 Å². The Morgan fingerprint density at radius 2 is 1.65 bits per heavy atom. The summed E-state index contributed by atoms with van der Waals surface area (Å²) in [4.78, 5) is 40.5. The number of imide groups is 1. The van der Waals surface area contributed by atoms with E-state index in [-0.39, 0.29) is 28.6 Å². The standard InChI is InChI=1S/C15H17NO6S/c1-10(2)9-23(20,21)8-7-13(17)22-16-14(18)11-5-3-4-6-12(11)15(16)19/h3-6,10H,7-9H2,1-2H3. The number of carbonyl (C=O) groups excluding carboxylic acids is 3. The topological polar surface area (TPSA) is 97.8 Å². The van der Waals surface area contributed by atoms with E-state index in [9.17, 15) is 22.8 Å². The van der Waals surface area contributed by atoms with Gasteiger partial charge in [-0.2, -0.15) is 0 Å². The maximum atomic E-state index is 12.0. The lowest BCUT2D eigenvalue weighted by Gasteiger charge is -2.13. The molecule has 0 aliphatic carbocycles. The molecule has 0 atom stereocenters. The van der Waals surface area contributed by atoms with Gasteiger partial charge in [-0.15, -0.1) is 0 Å². The average Bonchev–Trinajstić information content (AvgIpc) is 2.70. The molecule has 0 unspecified atom stereocenters. The van der Waals surface area contributed by atoms with Gasteiger partial charge in [0.1, 0.15) is 0 Å². The molecule has 1 aliphatic rings. The van der Waals surface area contributed by atoms with Gasteiger partial charge in [0.05, 0.1) is 29.1 Å². The molecule has 7 nitrogen and oxygen atoms in total. The van der Waals surface area contributed by atoms with Gasteiger partial charge in [-0.05, 0) is 18.1 Å². The Kier molecular flexibility index (Phi) is 4.84. The van der Waals surface area contributed by atoms with E-state index < -0.39 is 34.0 Å². The van der Waals surface area contributed by atoms with E-state index in [0.29, 0.717) is 5.06 Å². The number of nitrogens with zero attached hydrogens (tertiary/aromatic N) is 1. The smallest absolute Gasteiger partial charge is 0.330 e. The number of fused-ring (bicyclic) bond motifs is 1. The molecule has 0 fully saturated rings. The minimum absolute atomic E-state index is 0.0344. The molecule has 124 valence electrons. The minimum Gasteiger partial charge on any atom is -0.330 e. The van der Waals surface area contributed by atoms with Crippen molar-refractivity contribution in [2.24, 2.45) is 5.92 Å². The summed E-state index contributed by atoms with van der Waals surface area (Å²) in [6, 6.07) is 6.09. The molecule has 1 aromatic rings. The van der Waals surface area contributed by atoms with Crippen molar-refractivity contribution in [3.05, 3.63) is 35.4 Å². The number of carbonyl (C=O) groups is 3. The highest BCUT2D eigenvalue weighted by Gasteiger charge is 2.38. The van der Waals surface area contributed by atoms with Crippen LogP contribution in [0.4, 0.5) is 0 Å². The largest absolute Gasteiger partial charge is 0.334 e. The predicted octanol–water partition coefficient (Wildman–Crippen LogP) is 1.20. The molecule has 8 heteroatoms. The number of sulfone groups is 1. The van der Waals surface area contributed by atoms with Gasteiger partial charge in [0, 0.05) is 0 Å². The minimum atomic E-state index is -3.38. The van der Waals surface area contributed by atoms with Crippen LogP contribution in [0, 0.1) is 5.92 Å². The summed E-state index contributed by atoms with van der Waals surface area (Å²) in [6.45, 7) is 3.52. The van der Waals surface area contributed by atoms with Gasteiger partial charge in [-0.3, -0.25) is 9.59 Å². The van der Waals surface area contributed by atoms with E-state index in [1.54, 1.807) is 26.0 Å². The first-order chi connectivity index (χ1) is 10.7. The van der Waals surface area contributed by atoms with Crippen LogP contribution < -0.4 is 0 Å². The fourth-order valence-electron chi connectivity index (χ4n) is 2.23. The molecule has 2 rings (SSSR count). The van der Waals surface area contributed by atoms with Crippen molar-refractivity contribution in [1.82, 2.24) is 5.06 Å². The van der Waals surface area contributed by atoms with Crippen LogP contribution in [-0.4, -0.2) is 42.8 Å². The SMILES string of the molecule is CC(C)CS(=O)(=O)CCC(=O)ON1C(=O)c2ccccc2C1=O. The molecule has 2 amide bonds. The van der Waals surface area contributed by atoms with Crippen molar-refractivity contribution in [2.45, 2.75) is 20.3 Å². The summed E-state index contributed by atoms with van der Waals surface area (Å²) in [7, 11) is -3.38. The summed E-state index contributed by atoms with van der Waals surface area (Å²) in [5.74, 6) is -2.87. The van der Waals surface area contributed by atoms with Crippen LogP contribution in [0.25, 0.3) is 0 Å². The second kappa shape index (κ2) is 6.49. The molecule has 23 heavy (non-hydrogen) atoms. The molecule has 0 spiro atoms. The summed E-state index contributed by atoms with van der Waals surface area (Å²) in [5.41, 5.74) is 0.301. The number of rotatable bonds is 6. The van der Waals surface area contributed by atoms with Gasteiger partial charge in [-0.25, -0.2) is 13.2 Å². The number of amides is 2. The van der Waals surface area contributed by atoms with E-state index >= 15 is 0 Å². The Labute approximate surface area is 134 Å². The Bertz CT molecular complexity index is 718. The third-order valence-electron chi connectivity index (χ3n) is 3.15. The lowest BCUT2D eigenvalue weighted by Crippen LogP contribution is -2.33. The fraction of sp³-hybridized carbons (Fsp3) is 0.400. The normalized spacial score (nSPS) is 14.3. The zero-order valence-electron chi connectivity index (χ0n) is 12.8. The predicted molar refractivity (Wildman–Crippen MR) is 81.1 cm³/mol. The van der Waals surface area contributed by atoms with Crippen molar-refractivity contribution in [2.75, 3.05) is 11.5 Å². The molecule has 0 saturated heterocycles. The van der Waals surface area contributed by atoms with Crippen LogP contribution in [0.3, 0.4) is 0 Å². The van der Waals surface area contributed by atoms with Crippen molar-refractivity contribution in [1.29, 1.82) is 0 Å². The summed E-state index contributed by atoms with van der Waals surface area (Å²) in [5, 5.41) is 0.377. The quantitative estimate of drug-likeness (QED) is 0.722. The van der Waals surface area contributed by atoms with Gasteiger partial charge in [-0.1, -0.05) is 31.0 Å². The van der Waals surface area contributed by atoms with Crippen LogP contribution in [0.1, 0.15) is 41.0 Å². The number of hydroxylamine groups is 2. The third kappa shape index (κ3) is 3.95. The number of hydrogen-bond acceptors (Lipinski definition) is 6. The van der Waals surface area contributed by atoms with Gasteiger partial charge in [0.25, 0.3) is 11.8 Å². The van der Waals surface area contributed by atoms with Crippen LogP contribution in [0.15, 0.2) is 24.3 Å². The van der Waals surface area contributed by atoms with E-state index in [4.69, 9.17) is 4.84 Å². The van der Waals surface area contributed by atoms with E-state index in [1.807, 2.05) is 0 Å². The van der Waals surface area contributed by atoms with Crippen LogP contribution >= 0.6 is 0 Å². The van der Waals surface area contributed by atoms with Crippen LogP contribution in [0.2, 0.25) is 0 Å². The first kappa shape index (κ1) is 17.1. The van der Waals surface area contributed by atoms with Gasteiger partial charge < -0.3 is 4.84 Å². The summed E-state index contributed by atoms with van der Waals surface area (Å²) in [6.07, 6.45) is -0.414. The van der Waals surface area contributed by atoms with Crippen molar-refractivity contribution >= 4 is 27.6 Å². The highest BCUT2D eigenvalue weighted by molar-refractivity contribution is 7.91. The Morgan fingerprint density at radius 3 is 2.13 bits per heavy atom. The van der Waals surface area contributed by atoms with Gasteiger partial charge in [0.2, 0.25) is 0 Å². The highest BCUT2D eigenvalue weighted by Crippen LogP contribution is 2.22. The maximum Gasteiger partial charge on any atom is 0.334 e. The third-order valence-corrected chi connectivity index (χ3v) is 5.16. The fourth-order valence-corrected chi connectivity index (χ4v) is 3.89.